The van der Waals surface area contributed by atoms with Crippen molar-refractivity contribution in [2.75, 3.05) is 6.54 Å². The van der Waals surface area contributed by atoms with Crippen molar-refractivity contribution in [2.24, 2.45) is 0 Å². The van der Waals surface area contributed by atoms with Crippen molar-refractivity contribution < 1.29 is 18.8 Å². The first-order valence-corrected chi connectivity index (χ1v) is 7.96. The van der Waals surface area contributed by atoms with Crippen molar-refractivity contribution in [3.8, 4) is 11.6 Å². The van der Waals surface area contributed by atoms with Crippen LogP contribution in [-0.2, 0) is 16.8 Å². The highest BCUT2D eigenvalue weighted by molar-refractivity contribution is 5.76. The van der Waals surface area contributed by atoms with E-state index in [0.29, 0.717) is 23.9 Å². The van der Waals surface area contributed by atoms with Gasteiger partial charge >= 0.3 is 0 Å². The Balaban J connectivity index is 1.48. The highest BCUT2D eigenvalue weighted by Gasteiger charge is 2.23. The predicted octanol–water partition coefficient (Wildman–Crippen LogP) is 2.29. The molecule has 2 heterocycles. The normalized spacial score (nSPS) is 13.4. The number of rotatable bonds is 7. The molecule has 1 atom stereocenters. The lowest BCUT2D eigenvalue weighted by Gasteiger charge is -2.24. The average Bonchev–Trinajstić information content (AvgIpc) is 3.30. The Morgan fingerprint density at radius 3 is 2.76 bits per heavy atom. The highest BCUT2D eigenvalue weighted by Crippen LogP contribution is 2.19. The molecule has 7 heteroatoms. The van der Waals surface area contributed by atoms with E-state index in [9.17, 15) is 9.90 Å². The first kappa shape index (κ1) is 16.9. The second-order valence-electron chi connectivity index (χ2n) is 5.91. The Bertz CT molecular complexity index is 810. The fourth-order valence-corrected chi connectivity index (χ4v) is 2.34. The van der Waals surface area contributed by atoms with Crippen molar-refractivity contribution in [1.29, 1.82) is 0 Å². The fourth-order valence-electron chi connectivity index (χ4n) is 2.34. The zero-order chi connectivity index (χ0) is 17.7. The lowest BCUT2D eigenvalue weighted by atomic mass is 9.96. The number of carbonyl (C=O) groups is 1. The molecule has 2 N–H and O–H groups in total. The van der Waals surface area contributed by atoms with Gasteiger partial charge in [-0.1, -0.05) is 35.5 Å². The third-order valence-corrected chi connectivity index (χ3v) is 3.80. The maximum absolute atomic E-state index is 12.0. The van der Waals surface area contributed by atoms with E-state index in [-0.39, 0.29) is 18.9 Å². The third kappa shape index (κ3) is 4.33. The summed E-state index contributed by atoms with van der Waals surface area (Å²) in [6.07, 6.45) is 2.02. The summed E-state index contributed by atoms with van der Waals surface area (Å²) in [5.74, 6) is 1.02. The number of hydrogen-bond acceptors (Lipinski definition) is 6. The standard InChI is InChI=1S/C18H19N3O4/c1-18(23,13-6-3-2-4-7-13)12-19-15(22)9-10-16-20-17(21-25-16)14-8-5-11-24-14/h2-8,11,23H,9-10,12H2,1H3,(H,19,22). The number of benzene rings is 1. The van der Waals surface area contributed by atoms with Crippen LogP contribution in [0.25, 0.3) is 11.6 Å². The minimum absolute atomic E-state index is 0.122. The van der Waals surface area contributed by atoms with E-state index in [1.807, 2.05) is 30.3 Å². The van der Waals surface area contributed by atoms with E-state index < -0.39 is 5.60 Å². The molecule has 1 aromatic carbocycles. The predicted molar refractivity (Wildman–Crippen MR) is 89.3 cm³/mol. The quantitative estimate of drug-likeness (QED) is 0.684. The molecule has 0 radical (unpaired) electrons. The largest absolute Gasteiger partial charge is 0.461 e. The fraction of sp³-hybridized carbons (Fsp3) is 0.278. The molecule has 7 nitrogen and oxygen atoms in total. The van der Waals surface area contributed by atoms with Crippen molar-refractivity contribution in [1.82, 2.24) is 15.5 Å². The molecule has 0 spiro atoms. The molecule has 0 aliphatic heterocycles. The zero-order valence-corrected chi connectivity index (χ0v) is 13.8. The summed E-state index contributed by atoms with van der Waals surface area (Å²) in [5, 5.41) is 17.0. The Morgan fingerprint density at radius 2 is 2.04 bits per heavy atom. The van der Waals surface area contributed by atoms with Crippen LogP contribution in [0.1, 0.15) is 24.8 Å². The summed E-state index contributed by atoms with van der Waals surface area (Å²) in [6, 6.07) is 12.7. The van der Waals surface area contributed by atoms with Gasteiger partial charge in [0.25, 0.3) is 0 Å². The van der Waals surface area contributed by atoms with Gasteiger partial charge in [-0.15, -0.1) is 0 Å². The number of nitrogens with zero attached hydrogens (tertiary/aromatic N) is 2. The molecule has 1 unspecified atom stereocenters. The lowest BCUT2D eigenvalue weighted by molar-refractivity contribution is -0.122. The number of aromatic nitrogens is 2. The molecule has 0 aliphatic rings. The molecule has 0 aliphatic carbocycles. The van der Waals surface area contributed by atoms with Crippen LogP contribution in [-0.4, -0.2) is 27.7 Å². The minimum Gasteiger partial charge on any atom is -0.461 e. The molecule has 1 amide bonds. The molecule has 3 aromatic rings. The summed E-state index contributed by atoms with van der Waals surface area (Å²) in [5.41, 5.74) is -0.385. The maximum Gasteiger partial charge on any atom is 0.238 e. The first-order valence-electron chi connectivity index (χ1n) is 7.96. The number of amides is 1. The Morgan fingerprint density at radius 1 is 1.24 bits per heavy atom. The molecule has 3 rings (SSSR count). The van der Waals surface area contributed by atoms with E-state index in [2.05, 4.69) is 15.5 Å². The topological polar surface area (TPSA) is 101 Å². The number of aryl methyl sites for hydroxylation is 1. The third-order valence-electron chi connectivity index (χ3n) is 3.80. The number of hydrogen-bond donors (Lipinski definition) is 2. The van der Waals surface area contributed by atoms with E-state index in [4.69, 9.17) is 8.94 Å². The van der Waals surface area contributed by atoms with E-state index in [1.54, 1.807) is 19.1 Å². The number of aliphatic hydroxyl groups is 1. The van der Waals surface area contributed by atoms with Crippen LogP contribution in [0.4, 0.5) is 0 Å². The summed E-state index contributed by atoms with van der Waals surface area (Å²) in [4.78, 5) is 16.2. The van der Waals surface area contributed by atoms with Gasteiger partial charge in [-0.25, -0.2) is 0 Å². The molecular weight excluding hydrogens is 322 g/mol. The van der Waals surface area contributed by atoms with Gasteiger partial charge in [0.05, 0.1) is 12.8 Å². The Hall–Kier alpha value is -2.93. The molecule has 130 valence electrons. The Kier molecular flexibility index (Phi) is 4.95. The van der Waals surface area contributed by atoms with Crippen LogP contribution in [0.2, 0.25) is 0 Å². The maximum atomic E-state index is 12.0. The van der Waals surface area contributed by atoms with Gasteiger partial charge in [0.1, 0.15) is 5.60 Å². The number of nitrogens with one attached hydrogen (secondary N) is 1. The second kappa shape index (κ2) is 7.31. The monoisotopic (exact) mass is 341 g/mol. The molecule has 0 saturated carbocycles. The van der Waals surface area contributed by atoms with Gasteiger partial charge in [-0.05, 0) is 24.6 Å². The van der Waals surface area contributed by atoms with Crippen molar-refractivity contribution in [2.45, 2.75) is 25.4 Å². The molecular formula is C18H19N3O4. The van der Waals surface area contributed by atoms with Gasteiger partial charge in [-0.3, -0.25) is 4.79 Å². The van der Waals surface area contributed by atoms with Crippen LogP contribution in [0.3, 0.4) is 0 Å². The van der Waals surface area contributed by atoms with Gasteiger partial charge in [0.15, 0.2) is 5.76 Å². The average molecular weight is 341 g/mol. The van der Waals surface area contributed by atoms with E-state index in [1.165, 1.54) is 6.26 Å². The van der Waals surface area contributed by atoms with Crippen molar-refractivity contribution in [3.63, 3.8) is 0 Å². The van der Waals surface area contributed by atoms with Crippen LogP contribution in [0.15, 0.2) is 57.7 Å². The molecule has 2 aromatic heterocycles. The van der Waals surface area contributed by atoms with Crippen LogP contribution < -0.4 is 5.32 Å². The molecule has 0 fully saturated rings. The molecule has 0 saturated heterocycles. The second-order valence-corrected chi connectivity index (χ2v) is 5.91. The summed E-state index contributed by atoms with van der Waals surface area (Å²) >= 11 is 0. The minimum atomic E-state index is -1.13. The van der Waals surface area contributed by atoms with Gasteiger partial charge in [0.2, 0.25) is 17.6 Å². The van der Waals surface area contributed by atoms with Crippen LogP contribution in [0, 0.1) is 0 Å². The number of carbonyl (C=O) groups excluding carboxylic acids is 1. The molecule has 25 heavy (non-hydrogen) atoms. The summed E-state index contributed by atoms with van der Waals surface area (Å²) in [6.45, 7) is 1.79. The summed E-state index contributed by atoms with van der Waals surface area (Å²) < 4.78 is 10.3. The van der Waals surface area contributed by atoms with Gasteiger partial charge in [0, 0.05) is 12.8 Å². The van der Waals surface area contributed by atoms with Crippen molar-refractivity contribution >= 4 is 5.91 Å². The smallest absolute Gasteiger partial charge is 0.238 e. The highest BCUT2D eigenvalue weighted by atomic mass is 16.5. The summed E-state index contributed by atoms with van der Waals surface area (Å²) in [7, 11) is 0. The van der Waals surface area contributed by atoms with E-state index in [0.717, 1.165) is 5.56 Å². The van der Waals surface area contributed by atoms with E-state index >= 15 is 0 Å². The Labute approximate surface area is 144 Å². The molecule has 0 bridgehead atoms. The zero-order valence-electron chi connectivity index (χ0n) is 13.8. The SMILES string of the molecule is CC(O)(CNC(=O)CCc1nc(-c2ccco2)no1)c1ccccc1. The van der Waals surface area contributed by atoms with Crippen LogP contribution in [0.5, 0.6) is 0 Å². The number of furan rings is 1. The van der Waals surface area contributed by atoms with Gasteiger partial charge < -0.3 is 19.4 Å². The lowest BCUT2D eigenvalue weighted by Crippen LogP contribution is -2.38. The van der Waals surface area contributed by atoms with Crippen LogP contribution >= 0.6 is 0 Å². The van der Waals surface area contributed by atoms with Gasteiger partial charge in [-0.2, -0.15) is 4.98 Å². The van der Waals surface area contributed by atoms with Crippen molar-refractivity contribution in [3.05, 3.63) is 60.2 Å². The first-order chi connectivity index (χ1) is 12.0.